The zero-order chi connectivity index (χ0) is 10.2. The van der Waals surface area contributed by atoms with Crippen LogP contribution in [0.25, 0.3) is 0 Å². The number of hydrogen-bond acceptors (Lipinski definition) is 2. The van der Waals surface area contributed by atoms with E-state index < -0.39 is 0 Å². The maximum atomic E-state index is 4.25. The Morgan fingerprint density at radius 1 is 1.36 bits per heavy atom. The predicted octanol–water partition coefficient (Wildman–Crippen LogP) is 2.67. The average molecular weight is 192 g/mol. The molecule has 0 aliphatic heterocycles. The molecule has 1 rings (SSSR count). The van der Waals surface area contributed by atoms with Gasteiger partial charge in [0, 0.05) is 18.4 Å². The van der Waals surface area contributed by atoms with Crippen molar-refractivity contribution in [3.63, 3.8) is 0 Å². The molecule has 0 amide bonds. The first kappa shape index (κ1) is 11.2. The van der Waals surface area contributed by atoms with Gasteiger partial charge in [0.2, 0.25) is 0 Å². The molecule has 0 atom stereocenters. The van der Waals surface area contributed by atoms with Gasteiger partial charge in [-0.2, -0.15) is 0 Å². The van der Waals surface area contributed by atoms with Crippen LogP contribution >= 0.6 is 0 Å². The van der Waals surface area contributed by atoms with Gasteiger partial charge < -0.3 is 5.32 Å². The Labute approximate surface area is 86.8 Å². The molecule has 2 heteroatoms. The quantitative estimate of drug-likeness (QED) is 0.701. The Bertz CT molecular complexity index is 258. The summed E-state index contributed by atoms with van der Waals surface area (Å²) >= 11 is 0. The van der Waals surface area contributed by atoms with Crippen molar-refractivity contribution in [2.75, 3.05) is 6.54 Å². The summed E-state index contributed by atoms with van der Waals surface area (Å²) in [5, 5.41) is 3.44. The Morgan fingerprint density at radius 3 is 2.93 bits per heavy atom. The summed E-state index contributed by atoms with van der Waals surface area (Å²) in [5.74, 6) is 0. The minimum absolute atomic E-state index is 0.948. The molecule has 1 N–H and O–H groups in total. The first-order valence-corrected chi connectivity index (χ1v) is 5.45. The third kappa shape index (κ3) is 3.88. The zero-order valence-electron chi connectivity index (χ0n) is 9.21. The van der Waals surface area contributed by atoms with Crippen molar-refractivity contribution in [2.24, 2.45) is 0 Å². The lowest BCUT2D eigenvalue weighted by Crippen LogP contribution is -2.15. The van der Waals surface area contributed by atoms with Crippen molar-refractivity contribution in [3.8, 4) is 0 Å². The molecule has 0 aliphatic carbocycles. The third-order valence-corrected chi connectivity index (χ3v) is 2.39. The summed E-state index contributed by atoms with van der Waals surface area (Å²) < 4.78 is 0. The summed E-state index contributed by atoms with van der Waals surface area (Å²) in [6, 6.07) is 4.13. The molecular weight excluding hydrogens is 172 g/mol. The van der Waals surface area contributed by atoms with Gasteiger partial charge in [0.15, 0.2) is 0 Å². The first-order chi connectivity index (χ1) is 6.84. The summed E-state index contributed by atoms with van der Waals surface area (Å²) in [6.07, 6.45) is 5.72. The molecule has 0 bridgehead atoms. The van der Waals surface area contributed by atoms with Crippen molar-refractivity contribution >= 4 is 0 Å². The van der Waals surface area contributed by atoms with Crippen molar-refractivity contribution in [2.45, 2.75) is 39.7 Å². The van der Waals surface area contributed by atoms with E-state index in [4.69, 9.17) is 0 Å². The highest BCUT2D eigenvalue weighted by Gasteiger charge is 1.96. The largest absolute Gasteiger partial charge is 0.313 e. The van der Waals surface area contributed by atoms with Crippen LogP contribution in [0.3, 0.4) is 0 Å². The van der Waals surface area contributed by atoms with Crippen LogP contribution in [0.2, 0.25) is 0 Å². The summed E-state index contributed by atoms with van der Waals surface area (Å²) in [7, 11) is 0. The second kappa shape index (κ2) is 6.55. The van der Waals surface area contributed by atoms with Crippen molar-refractivity contribution in [1.82, 2.24) is 10.3 Å². The van der Waals surface area contributed by atoms with Crippen LogP contribution in [0.1, 0.15) is 37.4 Å². The minimum atomic E-state index is 0.948. The molecule has 2 nitrogen and oxygen atoms in total. The molecule has 0 saturated heterocycles. The number of unbranched alkanes of at least 4 members (excludes halogenated alkanes) is 2. The van der Waals surface area contributed by atoms with Crippen LogP contribution in [-0.2, 0) is 6.54 Å². The molecule has 0 spiro atoms. The van der Waals surface area contributed by atoms with Gasteiger partial charge >= 0.3 is 0 Å². The Hall–Kier alpha value is -0.890. The second-order valence-electron chi connectivity index (χ2n) is 3.63. The number of nitrogens with zero attached hydrogens (tertiary/aromatic N) is 1. The lowest BCUT2D eigenvalue weighted by Gasteiger charge is -2.06. The lowest BCUT2D eigenvalue weighted by atomic mass is 10.2. The fourth-order valence-corrected chi connectivity index (χ4v) is 1.43. The summed E-state index contributed by atoms with van der Waals surface area (Å²) in [4.78, 5) is 4.25. The molecule has 0 aromatic carbocycles. The van der Waals surface area contributed by atoms with E-state index in [-0.39, 0.29) is 0 Å². The number of aromatic nitrogens is 1. The molecule has 0 fully saturated rings. The molecule has 1 aromatic heterocycles. The summed E-state index contributed by atoms with van der Waals surface area (Å²) in [5.41, 5.74) is 2.44. The highest BCUT2D eigenvalue weighted by Crippen LogP contribution is 2.02. The zero-order valence-corrected chi connectivity index (χ0v) is 9.21. The van der Waals surface area contributed by atoms with Gasteiger partial charge in [0.25, 0.3) is 0 Å². The van der Waals surface area contributed by atoms with Gasteiger partial charge in [-0.1, -0.05) is 25.8 Å². The number of hydrogen-bond donors (Lipinski definition) is 1. The molecule has 0 saturated carbocycles. The molecule has 0 radical (unpaired) electrons. The van der Waals surface area contributed by atoms with Crippen LogP contribution in [0.4, 0.5) is 0 Å². The number of pyridine rings is 1. The Balaban J connectivity index is 2.21. The van der Waals surface area contributed by atoms with Crippen LogP contribution < -0.4 is 5.32 Å². The van der Waals surface area contributed by atoms with Crippen molar-refractivity contribution < 1.29 is 0 Å². The SMILES string of the molecule is CCCCCNCc1cccnc1C. The number of rotatable bonds is 6. The van der Waals surface area contributed by atoms with E-state index in [1.54, 1.807) is 0 Å². The molecule has 78 valence electrons. The Kier molecular flexibility index (Phi) is 5.23. The van der Waals surface area contributed by atoms with E-state index in [1.807, 2.05) is 12.3 Å². The second-order valence-corrected chi connectivity index (χ2v) is 3.63. The van der Waals surface area contributed by atoms with Gasteiger partial charge in [-0.3, -0.25) is 4.98 Å². The fraction of sp³-hybridized carbons (Fsp3) is 0.583. The van der Waals surface area contributed by atoms with Crippen LogP contribution in [0.15, 0.2) is 18.3 Å². The van der Waals surface area contributed by atoms with Gasteiger partial charge in [-0.25, -0.2) is 0 Å². The average Bonchev–Trinajstić information content (AvgIpc) is 2.20. The van der Waals surface area contributed by atoms with E-state index in [9.17, 15) is 0 Å². The molecule has 0 aliphatic rings. The monoisotopic (exact) mass is 192 g/mol. The van der Waals surface area contributed by atoms with E-state index in [0.717, 1.165) is 18.8 Å². The van der Waals surface area contributed by atoms with Crippen molar-refractivity contribution in [3.05, 3.63) is 29.6 Å². The van der Waals surface area contributed by atoms with Crippen molar-refractivity contribution in [1.29, 1.82) is 0 Å². The molecule has 0 unspecified atom stereocenters. The molecule has 14 heavy (non-hydrogen) atoms. The van der Waals surface area contributed by atoms with Gasteiger partial charge in [-0.05, 0) is 31.5 Å². The van der Waals surface area contributed by atoms with E-state index >= 15 is 0 Å². The molecule has 1 heterocycles. The highest BCUT2D eigenvalue weighted by molar-refractivity contribution is 5.17. The molecular formula is C12H20N2. The minimum Gasteiger partial charge on any atom is -0.313 e. The predicted molar refractivity (Wildman–Crippen MR) is 60.2 cm³/mol. The smallest absolute Gasteiger partial charge is 0.0417 e. The standard InChI is InChI=1S/C12H20N2/c1-3-4-5-8-13-10-12-7-6-9-14-11(12)2/h6-7,9,13H,3-5,8,10H2,1-2H3. The summed E-state index contributed by atoms with van der Waals surface area (Å²) in [6.45, 7) is 6.35. The normalized spacial score (nSPS) is 10.4. The van der Waals surface area contributed by atoms with E-state index in [1.165, 1.54) is 24.8 Å². The first-order valence-electron chi connectivity index (χ1n) is 5.45. The number of nitrogens with one attached hydrogen (secondary N) is 1. The van der Waals surface area contributed by atoms with Crippen LogP contribution in [0.5, 0.6) is 0 Å². The Morgan fingerprint density at radius 2 is 2.21 bits per heavy atom. The van der Waals surface area contributed by atoms with E-state index in [0.29, 0.717) is 0 Å². The third-order valence-electron chi connectivity index (χ3n) is 2.39. The van der Waals surface area contributed by atoms with Crippen LogP contribution in [0, 0.1) is 6.92 Å². The maximum Gasteiger partial charge on any atom is 0.0417 e. The fourth-order valence-electron chi connectivity index (χ4n) is 1.43. The van der Waals surface area contributed by atoms with Gasteiger partial charge in [-0.15, -0.1) is 0 Å². The maximum absolute atomic E-state index is 4.25. The van der Waals surface area contributed by atoms with Gasteiger partial charge in [0.05, 0.1) is 0 Å². The lowest BCUT2D eigenvalue weighted by molar-refractivity contribution is 0.614. The molecule has 1 aromatic rings. The number of aryl methyl sites for hydroxylation is 1. The van der Waals surface area contributed by atoms with Gasteiger partial charge in [0.1, 0.15) is 0 Å². The topological polar surface area (TPSA) is 24.9 Å². The van der Waals surface area contributed by atoms with Crippen LogP contribution in [-0.4, -0.2) is 11.5 Å². The highest BCUT2D eigenvalue weighted by atomic mass is 14.8. The van der Waals surface area contributed by atoms with E-state index in [2.05, 4.69) is 30.2 Å².